The van der Waals surface area contributed by atoms with Crippen LogP contribution >= 0.6 is 0 Å². The fourth-order valence-corrected chi connectivity index (χ4v) is 3.78. The quantitative estimate of drug-likeness (QED) is 0.272. The molecule has 36 heavy (non-hydrogen) atoms. The summed E-state index contributed by atoms with van der Waals surface area (Å²) in [4.78, 5) is 12.7. The number of hydrazine groups is 1. The Morgan fingerprint density at radius 1 is 0.722 bits per heavy atom. The standard InChI is InChI=1S/C32H32N2O2/c1-32(2,3)28-18-20-29(21-19-28)36-23-24-14-16-27(17-15-24)31(35)34-33-22-30(25-10-6-4-7-11-25)26-12-8-5-9-13-26/h4-22,33H,23H2,1-3H3,(H,34,35). The molecule has 0 unspecified atom stereocenters. The first-order valence-electron chi connectivity index (χ1n) is 12.1. The lowest BCUT2D eigenvalue weighted by molar-refractivity contribution is 0.0941. The Morgan fingerprint density at radius 2 is 1.28 bits per heavy atom. The monoisotopic (exact) mass is 476 g/mol. The van der Waals surface area contributed by atoms with Crippen LogP contribution in [0.3, 0.4) is 0 Å². The lowest BCUT2D eigenvalue weighted by atomic mass is 9.87. The second-order valence-electron chi connectivity index (χ2n) is 9.65. The van der Waals surface area contributed by atoms with E-state index in [0.717, 1.165) is 28.0 Å². The number of carbonyl (C=O) groups is 1. The summed E-state index contributed by atoms with van der Waals surface area (Å²) in [5.41, 5.74) is 11.8. The highest BCUT2D eigenvalue weighted by Crippen LogP contribution is 2.25. The maximum absolute atomic E-state index is 12.7. The second-order valence-corrected chi connectivity index (χ2v) is 9.65. The van der Waals surface area contributed by atoms with Crippen LogP contribution in [0.1, 0.15) is 53.4 Å². The summed E-state index contributed by atoms with van der Waals surface area (Å²) in [6.45, 7) is 7.02. The maximum atomic E-state index is 12.7. The molecule has 0 radical (unpaired) electrons. The summed E-state index contributed by atoms with van der Waals surface area (Å²) in [5, 5.41) is 0. The number of rotatable bonds is 8. The second kappa shape index (κ2) is 11.4. The molecule has 4 aromatic rings. The fraction of sp³-hybridized carbons (Fsp3) is 0.156. The molecule has 0 aliphatic heterocycles. The topological polar surface area (TPSA) is 50.4 Å². The minimum atomic E-state index is -0.211. The number of hydrogen-bond donors (Lipinski definition) is 2. The van der Waals surface area contributed by atoms with E-state index < -0.39 is 0 Å². The molecular formula is C32H32N2O2. The third-order valence-electron chi connectivity index (χ3n) is 5.91. The lowest BCUT2D eigenvalue weighted by Gasteiger charge is -2.19. The van der Waals surface area contributed by atoms with E-state index in [9.17, 15) is 4.79 Å². The molecule has 0 saturated carbocycles. The Bertz CT molecular complexity index is 1250. The van der Waals surface area contributed by atoms with Crippen LogP contribution < -0.4 is 15.6 Å². The number of ether oxygens (including phenoxy) is 1. The zero-order valence-electron chi connectivity index (χ0n) is 21.0. The van der Waals surface area contributed by atoms with Crippen molar-refractivity contribution in [3.63, 3.8) is 0 Å². The van der Waals surface area contributed by atoms with Gasteiger partial charge in [0.15, 0.2) is 0 Å². The first-order valence-corrected chi connectivity index (χ1v) is 12.1. The molecule has 4 rings (SSSR count). The molecule has 0 heterocycles. The number of amides is 1. The molecule has 0 aliphatic rings. The molecule has 4 nitrogen and oxygen atoms in total. The summed E-state index contributed by atoms with van der Waals surface area (Å²) in [7, 11) is 0. The van der Waals surface area contributed by atoms with Gasteiger partial charge in [0.25, 0.3) is 5.91 Å². The van der Waals surface area contributed by atoms with E-state index in [1.54, 1.807) is 12.1 Å². The highest BCUT2D eigenvalue weighted by Gasteiger charge is 2.13. The largest absolute Gasteiger partial charge is 0.489 e. The van der Waals surface area contributed by atoms with Crippen molar-refractivity contribution in [2.45, 2.75) is 32.8 Å². The third-order valence-corrected chi connectivity index (χ3v) is 5.91. The van der Waals surface area contributed by atoms with Crippen LogP contribution in [0, 0.1) is 0 Å². The Kier molecular flexibility index (Phi) is 7.86. The van der Waals surface area contributed by atoms with Gasteiger partial charge >= 0.3 is 0 Å². The van der Waals surface area contributed by atoms with E-state index in [4.69, 9.17) is 4.74 Å². The van der Waals surface area contributed by atoms with Gasteiger partial charge in [-0.25, -0.2) is 0 Å². The molecule has 182 valence electrons. The van der Waals surface area contributed by atoms with Crippen molar-refractivity contribution >= 4 is 11.5 Å². The molecule has 4 aromatic carbocycles. The summed E-state index contributed by atoms with van der Waals surface area (Å²) in [5.74, 6) is 0.616. The van der Waals surface area contributed by atoms with Crippen LogP contribution in [0.4, 0.5) is 0 Å². The SMILES string of the molecule is CC(C)(C)c1ccc(OCc2ccc(C(=O)NNC=C(c3ccccc3)c3ccccc3)cc2)cc1. The Labute approximate surface area is 213 Å². The molecule has 0 bridgehead atoms. The van der Waals surface area contributed by atoms with Gasteiger partial charge in [0.05, 0.1) is 0 Å². The fourth-order valence-electron chi connectivity index (χ4n) is 3.78. The van der Waals surface area contributed by atoms with Crippen molar-refractivity contribution in [3.8, 4) is 5.75 Å². The Morgan fingerprint density at radius 3 is 1.81 bits per heavy atom. The molecule has 0 aliphatic carbocycles. The van der Waals surface area contributed by atoms with Crippen molar-refractivity contribution in [1.29, 1.82) is 0 Å². The van der Waals surface area contributed by atoms with Gasteiger partial charge in [-0.15, -0.1) is 0 Å². The van der Waals surface area contributed by atoms with E-state index in [1.807, 2.05) is 91.1 Å². The Balaban J connectivity index is 1.34. The van der Waals surface area contributed by atoms with Crippen molar-refractivity contribution in [2.75, 3.05) is 0 Å². The summed E-state index contributed by atoms with van der Waals surface area (Å²) in [6.07, 6.45) is 1.82. The predicted molar refractivity (Wildman–Crippen MR) is 146 cm³/mol. The molecular weight excluding hydrogens is 444 g/mol. The van der Waals surface area contributed by atoms with Crippen LogP contribution in [-0.2, 0) is 12.0 Å². The normalized spacial score (nSPS) is 10.9. The molecule has 1 amide bonds. The van der Waals surface area contributed by atoms with Crippen molar-refractivity contribution in [2.24, 2.45) is 0 Å². The minimum absolute atomic E-state index is 0.115. The number of hydrogen-bond acceptors (Lipinski definition) is 3. The Hall–Kier alpha value is -4.31. The van der Waals surface area contributed by atoms with Gasteiger partial charge in [0.2, 0.25) is 0 Å². The summed E-state index contributed by atoms with van der Waals surface area (Å²) >= 11 is 0. The van der Waals surface area contributed by atoms with Gasteiger partial charge in [0.1, 0.15) is 12.4 Å². The number of nitrogens with one attached hydrogen (secondary N) is 2. The first kappa shape index (κ1) is 24.8. The molecule has 0 atom stereocenters. The van der Waals surface area contributed by atoms with Gasteiger partial charge in [-0.05, 0) is 51.9 Å². The molecule has 0 saturated heterocycles. The lowest BCUT2D eigenvalue weighted by Crippen LogP contribution is -2.33. The molecule has 0 aromatic heterocycles. The zero-order chi connectivity index (χ0) is 25.4. The van der Waals surface area contributed by atoms with E-state index >= 15 is 0 Å². The minimum Gasteiger partial charge on any atom is -0.489 e. The molecule has 0 spiro atoms. The average Bonchev–Trinajstić information content (AvgIpc) is 2.91. The number of benzene rings is 4. The molecule has 2 N–H and O–H groups in total. The summed E-state index contributed by atoms with van der Waals surface area (Å²) in [6, 6.07) is 35.8. The van der Waals surface area contributed by atoms with Crippen LogP contribution in [0.25, 0.3) is 5.57 Å². The third kappa shape index (κ3) is 6.63. The molecule has 4 heteroatoms. The highest BCUT2D eigenvalue weighted by molar-refractivity contribution is 5.94. The van der Waals surface area contributed by atoms with Crippen molar-refractivity contribution < 1.29 is 9.53 Å². The van der Waals surface area contributed by atoms with Gasteiger partial charge in [-0.2, -0.15) is 0 Å². The smallest absolute Gasteiger partial charge is 0.269 e. The average molecular weight is 477 g/mol. The van der Waals surface area contributed by atoms with Gasteiger partial charge in [-0.3, -0.25) is 10.2 Å². The summed E-state index contributed by atoms with van der Waals surface area (Å²) < 4.78 is 5.91. The van der Waals surface area contributed by atoms with E-state index in [1.165, 1.54) is 5.56 Å². The number of carbonyl (C=O) groups excluding carboxylic acids is 1. The highest BCUT2D eigenvalue weighted by atomic mass is 16.5. The van der Waals surface area contributed by atoms with Crippen molar-refractivity contribution in [1.82, 2.24) is 10.9 Å². The van der Waals surface area contributed by atoms with Crippen LogP contribution in [0.5, 0.6) is 5.75 Å². The zero-order valence-corrected chi connectivity index (χ0v) is 21.0. The van der Waals surface area contributed by atoms with Crippen LogP contribution in [0.15, 0.2) is 115 Å². The van der Waals surface area contributed by atoms with Crippen molar-refractivity contribution in [3.05, 3.63) is 143 Å². The van der Waals surface area contributed by atoms with Gasteiger partial charge < -0.3 is 10.2 Å². The molecule has 0 fully saturated rings. The van der Waals surface area contributed by atoms with E-state index in [0.29, 0.717) is 12.2 Å². The van der Waals surface area contributed by atoms with E-state index in [-0.39, 0.29) is 11.3 Å². The van der Waals surface area contributed by atoms with Gasteiger partial charge in [-0.1, -0.05) is 106 Å². The first-order chi connectivity index (χ1) is 17.4. The van der Waals surface area contributed by atoms with Gasteiger partial charge in [0, 0.05) is 17.3 Å². The maximum Gasteiger partial charge on any atom is 0.269 e. The van der Waals surface area contributed by atoms with Crippen LogP contribution in [-0.4, -0.2) is 5.91 Å². The van der Waals surface area contributed by atoms with E-state index in [2.05, 4.69) is 43.8 Å². The predicted octanol–water partition coefficient (Wildman–Crippen LogP) is 6.89. The van der Waals surface area contributed by atoms with Crippen LogP contribution in [0.2, 0.25) is 0 Å².